The van der Waals surface area contributed by atoms with Gasteiger partial charge in [-0.3, -0.25) is 9.59 Å². The van der Waals surface area contributed by atoms with Crippen LogP contribution < -0.4 is 5.32 Å². The number of carbonyl (C=O) groups excluding carboxylic acids is 1. The Morgan fingerprint density at radius 3 is 2.48 bits per heavy atom. The molecule has 3 rings (SSSR count). The van der Waals surface area contributed by atoms with Crippen molar-refractivity contribution in [1.29, 1.82) is 0 Å². The SMILES string of the molecule is Cc1coc(-c2ccc(C)c(NC(=O)CC3(C(=O)O)CCCCCC3)c2)n1. The normalized spacial score (nSPS) is 16.5. The van der Waals surface area contributed by atoms with Crippen LogP contribution in [0.3, 0.4) is 0 Å². The summed E-state index contributed by atoms with van der Waals surface area (Å²) in [6, 6.07) is 5.60. The van der Waals surface area contributed by atoms with Crippen molar-refractivity contribution in [3.63, 3.8) is 0 Å². The number of anilines is 1. The van der Waals surface area contributed by atoms with Gasteiger partial charge in [0.1, 0.15) is 6.26 Å². The molecule has 0 aliphatic heterocycles. The maximum atomic E-state index is 12.7. The van der Waals surface area contributed by atoms with Crippen LogP contribution in [0.1, 0.15) is 56.2 Å². The standard InChI is InChI=1S/C21H26N2O4/c1-14-7-8-16(19-22-15(2)13-27-19)11-17(14)23-18(24)12-21(20(25)26)9-5-3-4-6-10-21/h7-8,11,13H,3-6,9-10,12H2,1-2H3,(H,23,24)(H,25,26). The highest BCUT2D eigenvalue weighted by atomic mass is 16.4. The second-order valence-corrected chi connectivity index (χ2v) is 7.55. The Morgan fingerprint density at radius 1 is 1.19 bits per heavy atom. The first-order valence-electron chi connectivity index (χ1n) is 9.46. The van der Waals surface area contributed by atoms with Crippen LogP contribution in [-0.2, 0) is 9.59 Å². The predicted molar refractivity (Wildman–Crippen MR) is 102 cm³/mol. The molecule has 1 aromatic carbocycles. The van der Waals surface area contributed by atoms with E-state index in [4.69, 9.17) is 4.42 Å². The molecule has 6 nitrogen and oxygen atoms in total. The van der Waals surface area contributed by atoms with Crippen LogP contribution in [0.25, 0.3) is 11.5 Å². The molecule has 0 saturated heterocycles. The van der Waals surface area contributed by atoms with E-state index in [1.54, 1.807) is 6.26 Å². The molecule has 1 aromatic heterocycles. The van der Waals surface area contributed by atoms with E-state index in [-0.39, 0.29) is 12.3 Å². The maximum Gasteiger partial charge on any atom is 0.310 e. The van der Waals surface area contributed by atoms with E-state index in [1.165, 1.54) is 0 Å². The Bertz CT molecular complexity index is 832. The zero-order valence-electron chi connectivity index (χ0n) is 15.9. The molecule has 1 amide bonds. The van der Waals surface area contributed by atoms with Crippen molar-refractivity contribution in [3.05, 3.63) is 35.7 Å². The summed E-state index contributed by atoms with van der Waals surface area (Å²) < 4.78 is 5.43. The van der Waals surface area contributed by atoms with E-state index in [1.807, 2.05) is 32.0 Å². The third-order valence-corrected chi connectivity index (χ3v) is 5.39. The molecule has 1 aliphatic carbocycles. The highest BCUT2D eigenvalue weighted by molar-refractivity contribution is 5.95. The van der Waals surface area contributed by atoms with Crippen LogP contribution in [-0.4, -0.2) is 22.0 Å². The second kappa shape index (κ2) is 7.94. The summed E-state index contributed by atoms with van der Waals surface area (Å²) in [6.07, 6.45) is 6.49. The molecule has 0 spiro atoms. The van der Waals surface area contributed by atoms with Gasteiger partial charge in [-0.1, -0.05) is 31.7 Å². The number of aryl methyl sites for hydroxylation is 2. The van der Waals surface area contributed by atoms with Gasteiger partial charge in [-0.15, -0.1) is 0 Å². The van der Waals surface area contributed by atoms with Crippen LogP contribution in [0.5, 0.6) is 0 Å². The van der Waals surface area contributed by atoms with Crippen molar-refractivity contribution in [2.75, 3.05) is 5.32 Å². The number of carboxylic acids is 1. The molecule has 1 heterocycles. The van der Waals surface area contributed by atoms with Gasteiger partial charge < -0.3 is 14.8 Å². The average Bonchev–Trinajstić information content (AvgIpc) is 2.91. The fourth-order valence-electron chi connectivity index (χ4n) is 3.75. The fraction of sp³-hybridized carbons (Fsp3) is 0.476. The van der Waals surface area contributed by atoms with Gasteiger partial charge in [0.25, 0.3) is 0 Å². The fourth-order valence-corrected chi connectivity index (χ4v) is 3.75. The summed E-state index contributed by atoms with van der Waals surface area (Å²) in [7, 11) is 0. The van der Waals surface area contributed by atoms with E-state index >= 15 is 0 Å². The number of rotatable bonds is 5. The topological polar surface area (TPSA) is 92.4 Å². The molecule has 2 aromatic rings. The first-order valence-corrected chi connectivity index (χ1v) is 9.46. The van der Waals surface area contributed by atoms with Gasteiger partial charge >= 0.3 is 5.97 Å². The minimum absolute atomic E-state index is 0.00408. The summed E-state index contributed by atoms with van der Waals surface area (Å²) in [5.74, 6) is -0.628. The predicted octanol–water partition coefficient (Wildman–Crippen LogP) is 4.71. The number of hydrogen-bond donors (Lipinski definition) is 2. The molecule has 0 radical (unpaired) electrons. The lowest BCUT2D eigenvalue weighted by atomic mass is 9.77. The highest BCUT2D eigenvalue weighted by Gasteiger charge is 2.40. The van der Waals surface area contributed by atoms with Crippen molar-refractivity contribution >= 4 is 17.6 Å². The quantitative estimate of drug-likeness (QED) is 0.744. The number of aromatic nitrogens is 1. The first-order chi connectivity index (χ1) is 12.9. The molecule has 2 N–H and O–H groups in total. The van der Waals surface area contributed by atoms with Gasteiger partial charge in [-0.2, -0.15) is 0 Å². The number of oxazole rings is 1. The summed E-state index contributed by atoms with van der Waals surface area (Å²) in [5.41, 5.74) is 2.16. The molecule has 144 valence electrons. The summed E-state index contributed by atoms with van der Waals surface area (Å²) >= 11 is 0. The van der Waals surface area contributed by atoms with Crippen molar-refractivity contribution in [2.24, 2.45) is 5.41 Å². The molecule has 27 heavy (non-hydrogen) atoms. The third kappa shape index (κ3) is 4.38. The van der Waals surface area contributed by atoms with Gasteiger partial charge in [0.05, 0.1) is 11.1 Å². The number of nitrogens with zero attached hydrogens (tertiary/aromatic N) is 1. The Hall–Kier alpha value is -2.63. The number of carbonyl (C=O) groups is 2. The van der Waals surface area contributed by atoms with Crippen molar-refractivity contribution < 1.29 is 19.1 Å². The van der Waals surface area contributed by atoms with Gasteiger partial charge in [-0.25, -0.2) is 4.98 Å². The number of carboxylic acid groups (broad SMARTS) is 1. The zero-order valence-corrected chi connectivity index (χ0v) is 15.9. The smallest absolute Gasteiger partial charge is 0.310 e. The minimum atomic E-state index is -0.953. The number of aliphatic carboxylic acids is 1. The van der Waals surface area contributed by atoms with Crippen LogP contribution >= 0.6 is 0 Å². The molecule has 0 bridgehead atoms. The van der Waals surface area contributed by atoms with Gasteiger partial charge in [0.2, 0.25) is 11.8 Å². The largest absolute Gasteiger partial charge is 0.481 e. The van der Waals surface area contributed by atoms with Crippen LogP contribution in [0.2, 0.25) is 0 Å². The molecule has 1 aliphatic rings. The van der Waals surface area contributed by atoms with E-state index < -0.39 is 11.4 Å². The number of nitrogens with one attached hydrogen (secondary N) is 1. The molecule has 1 fully saturated rings. The van der Waals surface area contributed by atoms with Crippen LogP contribution in [0.15, 0.2) is 28.9 Å². The lowest BCUT2D eigenvalue weighted by molar-refractivity contribution is -0.152. The van der Waals surface area contributed by atoms with Crippen LogP contribution in [0, 0.1) is 19.3 Å². The van der Waals surface area contributed by atoms with Gasteiger partial charge in [-0.05, 0) is 44.4 Å². The highest BCUT2D eigenvalue weighted by Crippen LogP contribution is 2.39. The van der Waals surface area contributed by atoms with Crippen LogP contribution in [0.4, 0.5) is 5.69 Å². The van der Waals surface area contributed by atoms with Gasteiger partial charge in [0.15, 0.2) is 0 Å². The minimum Gasteiger partial charge on any atom is -0.481 e. The first kappa shape index (κ1) is 19.1. The van der Waals surface area contributed by atoms with E-state index in [0.29, 0.717) is 24.4 Å². The average molecular weight is 370 g/mol. The molecule has 6 heteroatoms. The van der Waals surface area contributed by atoms with Gasteiger partial charge in [0, 0.05) is 17.7 Å². The number of benzene rings is 1. The second-order valence-electron chi connectivity index (χ2n) is 7.55. The Morgan fingerprint density at radius 2 is 1.89 bits per heavy atom. The summed E-state index contributed by atoms with van der Waals surface area (Å²) in [6.45, 7) is 3.75. The third-order valence-electron chi connectivity index (χ3n) is 5.39. The summed E-state index contributed by atoms with van der Waals surface area (Å²) in [4.78, 5) is 28.9. The van der Waals surface area contributed by atoms with Crippen molar-refractivity contribution in [2.45, 2.75) is 58.8 Å². The number of amides is 1. The Balaban J connectivity index is 1.77. The van der Waals surface area contributed by atoms with E-state index in [9.17, 15) is 14.7 Å². The molecular formula is C21H26N2O4. The Kier molecular flexibility index (Phi) is 5.63. The molecule has 0 unspecified atom stereocenters. The lowest BCUT2D eigenvalue weighted by Crippen LogP contribution is -2.35. The van der Waals surface area contributed by atoms with E-state index in [0.717, 1.165) is 42.5 Å². The monoisotopic (exact) mass is 370 g/mol. The summed E-state index contributed by atoms with van der Waals surface area (Å²) in [5, 5.41) is 12.7. The molecular weight excluding hydrogens is 344 g/mol. The lowest BCUT2D eigenvalue weighted by Gasteiger charge is -2.27. The molecule has 0 atom stereocenters. The maximum absolute atomic E-state index is 12.7. The van der Waals surface area contributed by atoms with Crippen molar-refractivity contribution in [1.82, 2.24) is 4.98 Å². The number of hydrogen-bond acceptors (Lipinski definition) is 4. The Labute approximate surface area is 159 Å². The van der Waals surface area contributed by atoms with E-state index in [2.05, 4.69) is 10.3 Å². The molecule has 1 saturated carbocycles. The van der Waals surface area contributed by atoms with Crippen molar-refractivity contribution in [3.8, 4) is 11.5 Å². The zero-order chi connectivity index (χ0) is 19.4.